The van der Waals surface area contributed by atoms with Crippen LogP contribution >= 0.6 is 11.8 Å². The Morgan fingerprint density at radius 2 is 2.38 bits per heavy atom. The van der Waals surface area contributed by atoms with E-state index in [2.05, 4.69) is 23.5 Å². The van der Waals surface area contributed by atoms with Gasteiger partial charge in [-0.3, -0.25) is 0 Å². The summed E-state index contributed by atoms with van der Waals surface area (Å²) >= 11 is 1.82. The summed E-state index contributed by atoms with van der Waals surface area (Å²) < 4.78 is 5.42. The van der Waals surface area contributed by atoms with Crippen molar-refractivity contribution >= 4 is 17.8 Å². The maximum atomic E-state index is 5.42. The van der Waals surface area contributed by atoms with E-state index in [4.69, 9.17) is 4.42 Å². The molecule has 0 fully saturated rings. The van der Waals surface area contributed by atoms with Gasteiger partial charge in [-0.1, -0.05) is 6.92 Å². The van der Waals surface area contributed by atoms with Gasteiger partial charge in [0, 0.05) is 25.9 Å². The van der Waals surface area contributed by atoms with E-state index >= 15 is 0 Å². The van der Waals surface area contributed by atoms with Crippen LogP contribution in [0.5, 0.6) is 0 Å². The molecule has 5 heteroatoms. The molecule has 1 heterocycles. The van der Waals surface area contributed by atoms with E-state index in [1.54, 1.807) is 6.26 Å². The number of thioether (sulfide) groups is 1. The molecule has 0 saturated carbocycles. The molecule has 4 nitrogen and oxygen atoms in total. The van der Waals surface area contributed by atoms with Crippen LogP contribution in [0, 0.1) is 0 Å². The quantitative estimate of drug-likeness (QED) is 0.707. The van der Waals surface area contributed by atoms with E-state index < -0.39 is 0 Å². The number of aromatic nitrogens is 1. The molecule has 0 spiro atoms. The van der Waals surface area contributed by atoms with Gasteiger partial charge in [-0.05, 0) is 19.2 Å². The highest BCUT2D eigenvalue weighted by atomic mass is 32.2. The Morgan fingerprint density at radius 1 is 1.56 bits per heavy atom. The molecular formula is C11H21N3OS. The van der Waals surface area contributed by atoms with Crippen LogP contribution in [0.15, 0.2) is 10.7 Å². The summed E-state index contributed by atoms with van der Waals surface area (Å²) in [5.74, 6) is 1.09. The monoisotopic (exact) mass is 243 g/mol. The largest absolute Gasteiger partial charge is 0.432 e. The third-order valence-corrected chi connectivity index (χ3v) is 2.82. The summed E-state index contributed by atoms with van der Waals surface area (Å²) in [5.41, 5.74) is 0.972. The van der Waals surface area contributed by atoms with Gasteiger partial charge < -0.3 is 14.6 Å². The van der Waals surface area contributed by atoms with Crippen molar-refractivity contribution in [3.8, 4) is 0 Å². The van der Waals surface area contributed by atoms with Crippen molar-refractivity contribution < 1.29 is 4.42 Å². The molecule has 0 bridgehead atoms. The first kappa shape index (κ1) is 13.4. The third-order valence-electron chi connectivity index (χ3n) is 2.23. The molecule has 0 aliphatic heterocycles. The zero-order valence-electron chi connectivity index (χ0n) is 10.3. The lowest BCUT2D eigenvalue weighted by atomic mass is 10.4. The maximum Gasteiger partial charge on any atom is 0.297 e. The fourth-order valence-electron chi connectivity index (χ4n) is 1.27. The molecule has 92 valence electrons. The maximum absolute atomic E-state index is 5.42. The van der Waals surface area contributed by atoms with E-state index in [1.807, 2.05) is 23.7 Å². The molecule has 1 rings (SSSR count). The van der Waals surface area contributed by atoms with Crippen LogP contribution in [0.3, 0.4) is 0 Å². The van der Waals surface area contributed by atoms with Crippen molar-refractivity contribution in [2.75, 3.05) is 37.0 Å². The Labute approximate surface area is 102 Å². The van der Waals surface area contributed by atoms with Gasteiger partial charge in [0.25, 0.3) is 6.01 Å². The molecule has 0 radical (unpaired) electrons. The predicted octanol–water partition coefficient (Wildman–Crippen LogP) is 1.97. The first-order chi connectivity index (χ1) is 7.77. The average molecular weight is 243 g/mol. The van der Waals surface area contributed by atoms with E-state index in [0.29, 0.717) is 6.01 Å². The minimum atomic E-state index is 0.711. The average Bonchev–Trinajstić information content (AvgIpc) is 2.75. The van der Waals surface area contributed by atoms with E-state index in [9.17, 15) is 0 Å². The van der Waals surface area contributed by atoms with Crippen molar-refractivity contribution in [3.05, 3.63) is 12.0 Å². The molecule has 0 aliphatic carbocycles. The molecule has 0 unspecified atom stereocenters. The fraction of sp³-hybridized carbons (Fsp3) is 0.727. The van der Waals surface area contributed by atoms with Crippen LogP contribution < -0.4 is 10.2 Å². The standard InChI is InChI=1S/C11H21N3OS/c1-4-5-12-8-10-9-15-11(13-10)14(2)6-7-16-3/h9,12H,4-8H2,1-3H3. The van der Waals surface area contributed by atoms with Gasteiger partial charge in [-0.15, -0.1) is 0 Å². The lowest BCUT2D eigenvalue weighted by molar-refractivity contribution is 0.546. The number of nitrogens with one attached hydrogen (secondary N) is 1. The van der Waals surface area contributed by atoms with Crippen LogP contribution in [0.4, 0.5) is 6.01 Å². The van der Waals surface area contributed by atoms with Gasteiger partial charge in [0.05, 0.1) is 5.69 Å². The molecular weight excluding hydrogens is 222 g/mol. The highest BCUT2D eigenvalue weighted by molar-refractivity contribution is 7.98. The van der Waals surface area contributed by atoms with Crippen molar-refractivity contribution in [2.24, 2.45) is 0 Å². The van der Waals surface area contributed by atoms with Gasteiger partial charge in [-0.25, -0.2) is 0 Å². The molecule has 1 N–H and O–H groups in total. The molecule has 0 saturated heterocycles. The summed E-state index contributed by atoms with van der Waals surface area (Å²) in [6, 6.07) is 0.711. The lowest BCUT2D eigenvalue weighted by Crippen LogP contribution is -2.20. The topological polar surface area (TPSA) is 41.3 Å². The summed E-state index contributed by atoms with van der Waals surface area (Å²) in [5, 5.41) is 3.30. The summed E-state index contributed by atoms with van der Waals surface area (Å²) in [7, 11) is 2.01. The number of anilines is 1. The number of hydrogen-bond donors (Lipinski definition) is 1. The Hall–Kier alpha value is -0.680. The van der Waals surface area contributed by atoms with Gasteiger partial charge in [-0.2, -0.15) is 16.7 Å². The molecule has 0 atom stereocenters. The molecule has 1 aromatic heterocycles. The van der Waals surface area contributed by atoms with Crippen molar-refractivity contribution in [2.45, 2.75) is 19.9 Å². The van der Waals surface area contributed by atoms with Gasteiger partial charge in [0.15, 0.2) is 0 Å². The Bertz CT molecular complexity index is 291. The van der Waals surface area contributed by atoms with Crippen LogP contribution in [-0.2, 0) is 6.54 Å². The smallest absolute Gasteiger partial charge is 0.297 e. The van der Waals surface area contributed by atoms with Crippen molar-refractivity contribution in [1.29, 1.82) is 0 Å². The molecule has 0 aliphatic rings. The van der Waals surface area contributed by atoms with Crippen LogP contribution in [0.2, 0.25) is 0 Å². The molecule has 16 heavy (non-hydrogen) atoms. The molecule has 0 aromatic carbocycles. The minimum absolute atomic E-state index is 0.711. The normalized spacial score (nSPS) is 10.7. The zero-order chi connectivity index (χ0) is 11.8. The zero-order valence-corrected chi connectivity index (χ0v) is 11.1. The summed E-state index contributed by atoms with van der Waals surface area (Å²) in [4.78, 5) is 6.46. The Balaban J connectivity index is 2.37. The van der Waals surface area contributed by atoms with Gasteiger partial charge in [0.1, 0.15) is 6.26 Å². The molecule has 1 aromatic rings. The number of nitrogens with zero attached hydrogens (tertiary/aromatic N) is 2. The predicted molar refractivity (Wildman–Crippen MR) is 70.2 cm³/mol. The second kappa shape index (κ2) is 7.57. The number of oxazole rings is 1. The SMILES string of the molecule is CCCNCc1coc(N(C)CCSC)n1. The van der Waals surface area contributed by atoms with E-state index in [-0.39, 0.29) is 0 Å². The number of rotatable bonds is 8. The van der Waals surface area contributed by atoms with Crippen LogP contribution in [0.25, 0.3) is 0 Å². The van der Waals surface area contributed by atoms with E-state index in [0.717, 1.165) is 37.5 Å². The molecule has 0 amide bonds. The van der Waals surface area contributed by atoms with Gasteiger partial charge >= 0.3 is 0 Å². The van der Waals surface area contributed by atoms with E-state index in [1.165, 1.54) is 0 Å². The second-order valence-electron chi connectivity index (χ2n) is 3.71. The number of hydrogen-bond acceptors (Lipinski definition) is 5. The van der Waals surface area contributed by atoms with Crippen molar-refractivity contribution in [3.63, 3.8) is 0 Å². The fourth-order valence-corrected chi connectivity index (χ4v) is 1.73. The Morgan fingerprint density at radius 3 is 3.06 bits per heavy atom. The summed E-state index contributed by atoms with van der Waals surface area (Å²) in [6.45, 7) is 4.92. The van der Waals surface area contributed by atoms with Crippen molar-refractivity contribution in [1.82, 2.24) is 10.3 Å². The summed E-state index contributed by atoms with van der Waals surface area (Å²) in [6.07, 6.45) is 4.97. The lowest BCUT2D eigenvalue weighted by Gasteiger charge is -2.12. The first-order valence-corrected chi connectivity index (χ1v) is 7.02. The first-order valence-electron chi connectivity index (χ1n) is 5.63. The highest BCUT2D eigenvalue weighted by Gasteiger charge is 2.07. The highest BCUT2D eigenvalue weighted by Crippen LogP contribution is 2.12. The second-order valence-corrected chi connectivity index (χ2v) is 4.70. The Kier molecular flexibility index (Phi) is 6.33. The third kappa shape index (κ3) is 4.45. The minimum Gasteiger partial charge on any atom is -0.432 e. The van der Waals surface area contributed by atoms with Gasteiger partial charge in [0.2, 0.25) is 0 Å². The van der Waals surface area contributed by atoms with Crippen LogP contribution in [-0.4, -0.2) is 37.1 Å². The van der Waals surface area contributed by atoms with Crippen LogP contribution in [0.1, 0.15) is 19.0 Å².